The lowest BCUT2D eigenvalue weighted by atomic mass is 10.1. The minimum Gasteiger partial charge on any atom is -0.378 e. The van der Waals surface area contributed by atoms with Crippen LogP contribution in [0.5, 0.6) is 0 Å². The maximum absolute atomic E-state index is 11.7. The first-order valence-corrected chi connectivity index (χ1v) is 5.57. The van der Waals surface area contributed by atoms with E-state index in [4.69, 9.17) is 4.74 Å². The molecule has 0 aliphatic carbocycles. The lowest BCUT2D eigenvalue weighted by Gasteiger charge is -2.16. The Morgan fingerprint density at radius 3 is 2.53 bits per heavy atom. The number of rotatable bonds is 4. The van der Waals surface area contributed by atoms with Gasteiger partial charge in [0.05, 0.1) is 0 Å². The Bertz CT molecular complexity index is 402. The summed E-state index contributed by atoms with van der Waals surface area (Å²) in [6.45, 7) is 3.69. The monoisotopic (exact) mass is 236 g/mol. The van der Waals surface area contributed by atoms with Crippen molar-refractivity contribution in [1.82, 2.24) is 0 Å². The highest BCUT2D eigenvalue weighted by Gasteiger charge is 2.12. The summed E-state index contributed by atoms with van der Waals surface area (Å²) in [5.41, 5.74) is 2.97. The normalized spacial score (nSPS) is 12.1. The number of amides is 1. The van der Waals surface area contributed by atoms with Crippen LogP contribution in [0.4, 0.5) is 11.4 Å². The quantitative estimate of drug-likeness (QED) is 0.869. The van der Waals surface area contributed by atoms with Gasteiger partial charge in [-0.05, 0) is 37.6 Å². The number of carbonyl (C=O) groups excluding carboxylic acids is 1. The average molecular weight is 236 g/mol. The third kappa shape index (κ3) is 3.46. The molecule has 1 atom stereocenters. The van der Waals surface area contributed by atoms with Gasteiger partial charge in [-0.1, -0.05) is 0 Å². The van der Waals surface area contributed by atoms with Crippen LogP contribution in [0.2, 0.25) is 0 Å². The van der Waals surface area contributed by atoms with Gasteiger partial charge in [-0.15, -0.1) is 0 Å². The summed E-state index contributed by atoms with van der Waals surface area (Å²) in [7, 11) is 5.49. The number of anilines is 2. The average Bonchev–Trinajstić information content (AvgIpc) is 2.30. The van der Waals surface area contributed by atoms with Crippen LogP contribution < -0.4 is 10.2 Å². The van der Waals surface area contributed by atoms with Crippen molar-refractivity contribution in [3.05, 3.63) is 23.8 Å². The number of aryl methyl sites for hydroxylation is 1. The second kappa shape index (κ2) is 5.68. The first-order chi connectivity index (χ1) is 7.95. The van der Waals surface area contributed by atoms with Gasteiger partial charge < -0.3 is 15.0 Å². The van der Waals surface area contributed by atoms with Crippen LogP contribution in [0.3, 0.4) is 0 Å². The molecule has 0 saturated carbocycles. The zero-order valence-electron chi connectivity index (χ0n) is 11.1. The van der Waals surface area contributed by atoms with Gasteiger partial charge in [-0.25, -0.2) is 0 Å². The summed E-state index contributed by atoms with van der Waals surface area (Å²) >= 11 is 0. The number of nitrogens with one attached hydrogen (secondary N) is 1. The summed E-state index contributed by atoms with van der Waals surface area (Å²) in [5.74, 6) is -0.131. The first-order valence-electron chi connectivity index (χ1n) is 5.57. The lowest BCUT2D eigenvalue weighted by molar-refractivity contribution is -0.124. The fourth-order valence-corrected chi connectivity index (χ4v) is 1.41. The van der Waals surface area contributed by atoms with E-state index in [9.17, 15) is 4.79 Å². The lowest BCUT2D eigenvalue weighted by Crippen LogP contribution is -2.26. The summed E-state index contributed by atoms with van der Waals surface area (Å²) in [6.07, 6.45) is -0.442. The Labute approximate surface area is 103 Å². The smallest absolute Gasteiger partial charge is 0.253 e. The molecule has 94 valence electrons. The van der Waals surface area contributed by atoms with E-state index in [0.29, 0.717) is 0 Å². The van der Waals surface area contributed by atoms with Gasteiger partial charge in [0.15, 0.2) is 0 Å². The third-order valence-electron chi connectivity index (χ3n) is 2.71. The molecule has 0 radical (unpaired) electrons. The van der Waals surface area contributed by atoms with E-state index >= 15 is 0 Å². The molecule has 1 rings (SSSR count). The molecular formula is C13H20N2O2. The van der Waals surface area contributed by atoms with E-state index in [-0.39, 0.29) is 5.91 Å². The van der Waals surface area contributed by atoms with Crippen molar-refractivity contribution in [3.8, 4) is 0 Å². The molecule has 0 aliphatic heterocycles. The molecule has 1 N–H and O–H groups in total. The molecule has 4 nitrogen and oxygen atoms in total. The van der Waals surface area contributed by atoms with Crippen LogP contribution in [0.1, 0.15) is 12.5 Å². The predicted octanol–water partition coefficient (Wildman–Crippen LogP) is 2.03. The molecule has 0 fully saturated rings. The van der Waals surface area contributed by atoms with Crippen molar-refractivity contribution in [3.63, 3.8) is 0 Å². The van der Waals surface area contributed by atoms with Crippen molar-refractivity contribution in [2.45, 2.75) is 20.0 Å². The summed E-state index contributed by atoms with van der Waals surface area (Å²) < 4.78 is 4.97. The zero-order chi connectivity index (χ0) is 13.0. The van der Waals surface area contributed by atoms with E-state index in [1.807, 2.05) is 44.1 Å². The SMILES string of the molecule is COC(C)C(=O)Nc1ccc(N(C)C)cc1C. The van der Waals surface area contributed by atoms with Crippen molar-refractivity contribution < 1.29 is 9.53 Å². The molecule has 1 aromatic carbocycles. The molecule has 0 saturated heterocycles. The van der Waals surface area contributed by atoms with Crippen LogP contribution in [-0.2, 0) is 9.53 Å². The van der Waals surface area contributed by atoms with Crippen LogP contribution in [-0.4, -0.2) is 33.2 Å². The molecule has 0 spiro atoms. The molecule has 0 aliphatic rings. The number of nitrogens with zero attached hydrogens (tertiary/aromatic N) is 1. The standard InChI is InChI=1S/C13H20N2O2/c1-9-8-11(15(3)4)6-7-12(9)14-13(16)10(2)17-5/h6-8,10H,1-5H3,(H,14,16). The Kier molecular flexibility index (Phi) is 4.52. The number of methoxy groups -OCH3 is 1. The Hall–Kier alpha value is -1.55. The summed E-state index contributed by atoms with van der Waals surface area (Å²) in [6, 6.07) is 5.91. The highest BCUT2D eigenvalue weighted by molar-refractivity contribution is 5.94. The minimum absolute atomic E-state index is 0.131. The van der Waals surface area contributed by atoms with Crippen LogP contribution in [0, 0.1) is 6.92 Å². The minimum atomic E-state index is -0.442. The Morgan fingerprint density at radius 2 is 2.06 bits per heavy atom. The Balaban J connectivity index is 2.83. The van der Waals surface area contributed by atoms with Gasteiger partial charge in [0.2, 0.25) is 0 Å². The van der Waals surface area contributed by atoms with E-state index in [2.05, 4.69) is 5.32 Å². The second-order valence-electron chi connectivity index (χ2n) is 4.26. The van der Waals surface area contributed by atoms with Gasteiger partial charge in [-0.2, -0.15) is 0 Å². The predicted molar refractivity (Wildman–Crippen MR) is 70.6 cm³/mol. The maximum atomic E-state index is 11.7. The van der Waals surface area contributed by atoms with Gasteiger partial charge in [0, 0.05) is 32.6 Å². The number of hydrogen-bond acceptors (Lipinski definition) is 3. The van der Waals surface area contributed by atoms with Gasteiger partial charge in [0.25, 0.3) is 5.91 Å². The number of carbonyl (C=O) groups is 1. The van der Waals surface area contributed by atoms with Crippen LogP contribution >= 0.6 is 0 Å². The van der Waals surface area contributed by atoms with Crippen LogP contribution in [0.15, 0.2) is 18.2 Å². The van der Waals surface area contributed by atoms with Crippen molar-refractivity contribution >= 4 is 17.3 Å². The fraction of sp³-hybridized carbons (Fsp3) is 0.462. The van der Waals surface area contributed by atoms with Crippen molar-refractivity contribution in [1.29, 1.82) is 0 Å². The van der Waals surface area contributed by atoms with E-state index in [0.717, 1.165) is 16.9 Å². The molecule has 0 aromatic heterocycles. The highest BCUT2D eigenvalue weighted by atomic mass is 16.5. The van der Waals surface area contributed by atoms with Crippen LogP contribution in [0.25, 0.3) is 0 Å². The molecule has 4 heteroatoms. The second-order valence-corrected chi connectivity index (χ2v) is 4.26. The van der Waals surface area contributed by atoms with E-state index < -0.39 is 6.10 Å². The Morgan fingerprint density at radius 1 is 1.41 bits per heavy atom. The largest absolute Gasteiger partial charge is 0.378 e. The highest BCUT2D eigenvalue weighted by Crippen LogP contribution is 2.21. The molecule has 1 unspecified atom stereocenters. The third-order valence-corrected chi connectivity index (χ3v) is 2.71. The molecule has 1 amide bonds. The number of hydrogen-bond donors (Lipinski definition) is 1. The molecule has 0 bridgehead atoms. The topological polar surface area (TPSA) is 41.6 Å². The van der Waals surface area contributed by atoms with E-state index in [1.54, 1.807) is 6.92 Å². The van der Waals surface area contributed by atoms with Gasteiger partial charge in [0.1, 0.15) is 6.10 Å². The first kappa shape index (κ1) is 13.5. The van der Waals surface area contributed by atoms with Crippen molar-refractivity contribution in [2.24, 2.45) is 0 Å². The summed E-state index contributed by atoms with van der Waals surface area (Å²) in [4.78, 5) is 13.7. The van der Waals surface area contributed by atoms with E-state index in [1.165, 1.54) is 7.11 Å². The van der Waals surface area contributed by atoms with Gasteiger partial charge in [-0.3, -0.25) is 4.79 Å². The summed E-state index contributed by atoms with van der Waals surface area (Å²) in [5, 5.41) is 2.84. The molecule has 0 heterocycles. The molecular weight excluding hydrogens is 216 g/mol. The maximum Gasteiger partial charge on any atom is 0.253 e. The van der Waals surface area contributed by atoms with Gasteiger partial charge >= 0.3 is 0 Å². The zero-order valence-corrected chi connectivity index (χ0v) is 11.1. The number of ether oxygens (including phenoxy) is 1. The molecule has 1 aromatic rings. The fourth-order valence-electron chi connectivity index (χ4n) is 1.41. The van der Waals surface area contributed by atoms with Crippen molar-refractivity contribution in [2.75, 3.05) is 31.4 Å². The molecule has 17 heavy (non-hydrogen) atoms. The number of benzene rings is 1.